The summed E-state index contributed by atoms with van der Waals surface area (Å²) in [5, 5.41) is 0.595. The molecule has 1 aromatic heterocycles. The molecule has 0 aliphatic carbocycles. The number of pyridine rings is 1. The number of esters is 1. The largest absolute Gasteiger partial charge is 0.462 e. The summed E-state index contributed by atoms with van der Waals surface area (Å²) in [6.45, 7) is 2.07. The Balaban J connectivity index is 2.26. The monoisotopic (exact) mass is 352 g/mol. The van der Waals surface area contributed by atoms with Gasteiger partial charge in [0.2, 0.25) is 0 Å². The molecule has 0 spiro atoms. The predicted octanol–water partition coefficient (Wildman–Crippen LogP) is 3.75. The molecule has 0 fully saturated rings. The molecule has 1 aromatic carbocycles. The molecular formula is C14H13BrN2O2S. The minimum Gasteiger partial charge on any atom is -0.462 e. The smallest absolute Gasteiger partial charge is 0.340 e. The fraction of sp³-hybridized carbons (Fsp3) is 0.143. The molecule has 0 bridgehead atoms. The van der Waals surface area contributed by atoms with Crippen LogP contribution in [-0.4, -0.2) is 17.6 Å². The fourth-order valence-corrected chi connectivity index (χ4v) is 2.63. The van der Waals surface area contributed by atoms with Crippen LogP contribution in [0.4, 0.5) is 5.69 Å². The number of hydrogen-bond acceptors (Lipinski definition) is 5. The van der Waals surface area contributed by atoms with Gasteiger partial charge in [-0.2, -0.15) is 0 Å². The van der Waals surface area contributed by atoms with E-state index in [0.29, 0.717) is 22.9 Å². The zero-order valence-electron chi connectivity index (χ0n) is 10.8. The summed E-state index contributed by atoms with van der Waals surface area (Å²) in [5.41, 5.74) is 6.69. The summed E-state index contributed by atoms with van der Waals surface area (Å²) < 4.78 is 5.97. The molecular weight excluding hydrogens is 340 g/mol. The van der Waals surface area contributed by atoms with Gasteiger partial charge in [0.1, 0.15) is 5.03 Å². The van der Waals surface area contributed by atoms with E-state index in [2.05, 4.69) is 20.9 Å². The lowest BCUT2D eigenvalue weighted by Gasteiger charge is -2.09. The highest BCUT2D eigenvalue weighted by Gasteiger charge is 2.15. The molecule has 0 aliphatic heterocycles. The van der Waals surface area contributed by atoms with Gasteiger partial charge in [0.15, 0.2) is 0 Å². The molecule has 0 unspecified atom stereocenters. The number of ether oxygens (including phenoxy) is 1. The van der Waals surface area contributed by atoms with Crippen molar-refractivity contribution in [2.45, 2.75) is 16.8 Å². The SMILES string of the molecule is CCOC(=O)c1ccnc(Sc2ccc(Br)cc2)c1N. The van der Waals surface area contributed by atoms with Gasteiger partial charge in [0.25, 0.3) is 0 Å². The van der Waals surface area contributed by atoms with Gasteiger partial charge in [-0.1, -0.05) is 27.7 Å². The maximum Gasteiger partial charge on any atom is 0.340 e. The molecule has 6 heteroatoms. The van der Waals surface area contributed by atoms with Crippen molar-refractivity contribution in [3.8, 4) is 0 Å². The number of hydrogen-bond donors (Lipinski definition) is 1. The Morgan fingerprint density at radius 3 is 2.70 bits per heavy atom. The second-order valence-corrected chi connectivity index (χ2v) is 5.83. The molecule has 0 saturated heterocycles. The van der Waals surface area contributed by atoms with Gasteiger partial charge in [-0.15, -0.1) is 0 Å². The van der Waals surface area contributed by atoms with Crippen LogP contribution in [0.25, 0.3) is 0 Å². The molecule has 2 aromatic rings. The number of benzene rings is 1. The first kappa shape index (κ1) is 14.9. The maximum atomic E-state index is 11.8. The Morgan fingerprint density at radius 2 is 2.05 bits per heavy atom. The number of carbonyl (C=O) groups is 1. The van der Waals surface area contributed by atoms with Crippen LogP contribution < -0.4 is 5.73 Å². The number of rotatable bonds is 4. The molecule has 2 N–H and O–H groups in total. The van der Waals surface area contributed by atoms with Crippen molar-refractivity contribution in [2.24, 2.45) is 0 Å². The van der Waals surface area contributed by atoms with Crippen molar-refractivity contribution in [1.82, 2.24) is 4.98 Å². The van der Waals surface area contributed by atoms with Gasteiger partial charge in [-0.25, -0.2) is 9.78 Å². The quantitative estimate of drug-likeness (QED) is 0.848. The third-order valence-corrected chi connectivity index (χ3v) is 4.03. The van der Waals surface area contributed by atoms with Crippen LogP contribution in [-0.2, 0) is 4.74 Å². The number of nitrogen functional groups attached to an aromatic ring is 1. The summed E-state index contributed by atoms with van der Waals surface area (Å²) in [7, 11) is 0. The van der Waals surface area contributed by atoms with Crippen LogP contribution in [0, 0.1) is 0 Å². The molecule has 104 valence electrons. The van der Waals surface area contributed by atoms with E-state index in [4.69, 9.17) is 10.5 Å². The van der Waals surface area contributed by atoms with Crippen molar-refractivity contribution in [2.75, 3.05) is 12.3 Å². The summed E-state index contributed by atoms with van der Waals surface area (Å²) >= 11 is 4.79. The van der Waals surface area contributed by atoms with Gasteiger partial charge < -0.3 is 10.5 Å². The fourth-order valence-electron chi connectivity index (χ4n) is 1.54. The maximum absolute atomic E-state index is 11.8. The second kappa shape index (κ2) is 6.76. The van der Waals surface area contributed by atoms with Crippen LogP contribution in [0.1, 0.15) is 17.3 Å². The lowest BCUT2D eigenvalue weighted by atomic mass is 10.2. The van der Waals surface area contributed by atoms with Crippen LogP contribution in [0.3, 0.4) is 0 Å². The predicted molar refractivity (Wildman–Crippen MR) is 82.9 cm³/mol. The lowest BCUT2D eigenvalue weighted by molar-refractivity contribution is 0.0527. The number of anilines is 1. The van der Waals surface area contributed by atoms with Crippen molar-refractivity contribution < 1.29 is 9.53 Å². The van der Waals surface area contributed by atoms with E-state index in [-0.39, 0.29) is 0 Å². The third-order valence-electron chi connectivity index (χ3n) is 2.48. The van der Waals surface area contributed by atoms with Crippen molar-refractivity contribution in [3.63, 3.8) is 0 Å². The van der Waals surface area contributed by atoms with Crippen LogP contribution in [0.5, 0.6) is 0 Å². The number of nitrogens with zero attached hydrogens (tertiary/aromatic N) is 1. The Bertz CT molecular complexity index is 617. The van der Waals surface area contributed by atoms with E-state index < -0.39 is 5.97 Å². The van der Waals surface area contributed by atoms with E-state index >= 15 is 0 Å². The minimum absolute atomic E-state index is 0.315. The zero-order valence-corrected chi connectivity index (χ0v) is 13.2. The molecule has 4 nitrogen and oxygen atoms in total. The van der Waals surface area contributed by atoms with Gasteiger partial charge in [-0.3, -0.25) is 0 Å². The first-order valence-electron chi connectivity index (χ1n) is 5.97. The van der Waals surface area contributed by atoms with Gasteiger partial charge in [-0.05, 0) is 37.3 Å². The van der Waals surface area contributed by atoms with Gasteiger partial charge >= 0.3 is 5.97 Å². The van der Waals surface area contributed by atoms with Crippen LogP contribution in [0.15, 0.2) is 50.9 Å². The first-order chi connectivity index (χ1) is 9.61. The van der Waals surface area contributed by atoms with E-state index in [1.807, 2.05) is 24.3 Å². The van der Waals surface area contributed by atoms with Gasteiger partial charge in [0.05, 0.1) is 17.9 Å². The lowest BCUT2D eigenvalue weighted by Crippen LogP contribution is -2.09. The summed E-state index contributed by atoms with van der Waals surface area (Å²) in [6, 6.07) is 9.35. The standard InChI is InChI=1S/C14H13BrN2O2S/c1-2-19-14(18)11-7-8-17-13(12(11)16)20-10-5-3-9(15)4-6-10/h3-8H,2,16H2,1H3. The molecule has 20 heavy (non-hydrogen) atoms. The number of carbonyl (C=O) groups excluding carboxylic acids is 1. The molecule has 0 aliphatic rings. The highest BCUT2D eigenvalue weighted by molar-refractivity contribution is 9.10. The van der Waals surface area contributed by atoms with Crippen molar-refractivity contribution >= 4 is 39.3 Å². The minimum atomic E-state index is -0.426. The van der Waals surface area contributed by atoms with E-state index in [1.165, 1.54) is 11.8 Å². The third kappa shape index (κ3) is 3.52. The number of nitrogens with two attached hydrogens (primary N) is 1. The Hall–Kier alpha value is -1.53. The average Bonchev–Trinajstić information content (AvgIpc) is 2.44. The second-order valence-electron chi connectivity index (χ2n) is 3.85. The Kier molecular flexibility index (Phi) is 5.03. The molecule has 0 saturated carbocycles. The summed E-state index contributed by atoms with van der Waals surface area (Å²) in [4.78, 5) is 17.0. The van der Waals surface area contributed by atoms with E-state index in [1.54, 1.807) is 19.2 Å². The normalized spacial score (nSPS) is 10.3. The molecule has 0 radical (unpaired) electrons. The van der Waals surface area contributed by atoms with Gasteiger partial charge in [0, 0.05) is 15.6 Å². The Labute approximate surface area is 129 Å². The topological polar surface area (TPSA) is 65.2 Å². The Morgan fingerprint density at radius 1 is 1.35 bits per heavy atom. The van der Waals surface area contributed by atoms with Crippen molar-refractivity contribution in [1.29, 1.82) is 0 Å². The number of halogens is 1. The van der Waals surface area contributed by atoms with E-state index in [9.17, 15) is 4.79 Å². The number of aromatic nitrogens is 1. The van der Waals surface area contributed by atoms with Crippen molar-refractivity contribution in [3.05, 3.63) is 46.6 Å². The zero-order chi connectivity index (χ0) is 14.5. The highest BCUT2D eigenvalue weighted by atomic mass is 79.9. The highest BCUT2D eigenvalue weighted by Crippen LogP contribution is 2.32. The molecule has 0 atom stereocenters. The summed E-state index contributed by atoms with van der Waals surface area (Å²) in [5.74, 6) is -0.426. The van der Waals surface area contributed by atoms with Crippen LogP contribution in [0.2, 0.25) is 0 Å². The molecule has 0 amide bonds. The van der Waals surface area contributed by atoms with E-state index in [0.717, 1.165) is 9.37 Å². The molecule has 1 heterocycles. The average molecular weight is 353 g/mol. The molecule has 2 rings (SSSR count). The first-order valence-corrected chi connectivity index (χ1v) is 7.57. The summed E-state index contributed by atoms with van der Waals surface area (Å²) in [6.07, 6.45) is 1.56. The van der Waals surface area contributed by atoms with Crippen LogP contribution >= 0.6 is 27.7 Å².